The van der Waals surface area contributed by atoms with Crippen molar-refractivity contribution < 1.29 is 4.42 Å². The second kappa shape index (κ2) is 10.6. The lowest BCUT2D eigenvalue weighted by atomic mass is 9.75. The summed E-state index contributed by atoms with van der Waals surface area (Å²) in [6.07, 6.45) is 7.38. The van der Waals surface area contributed by atoms with Crippen molar-refractivity contribution in [3.63, 3.8) is 0 Å². The summed E-state index contributed by atoms with van der Waals surface area (Å²) in [5.74, 6) is 1.88. The second-order valence-corrected chi connectivity index (χ2v) is 10.5. The van der Waals surface area contributed by atoms with Gasteiger partial charge < -0.3 is 4.42 Å². The van der Waals surface area contributed by atoms with Gasteiger partial charge in [0.05, 0.1) is 11.4 Å². The zero-order valence-electron chi connectivity index (χ0n) is 21.0. The van der Waals surface area contributed by atoms with Crippen LogP contribution in [0.2, 0.25) is 0 Å². The second-order valence-electron chi connectivity index (χ2n) is 10.5. The van der Waals surface area contributed by atoms with E-state index in [0.717, 1.165) is 23.4 Å². The van der Waals surface area contributed by atoms with E-state index >= 15 is 0 Å². The highest BCUT2D eigenvalue weighted by Crippen LogP contribution is 2.38. The number of nitrogens with zero attached hydrogens (tertiary/aromatic N) is 2. The van der Waals surface area contributed by atoms with Crippen LogP contribution in [0.25, 0.3) is 0 Å². The molecule has 3 heteroatoms. The summed E-state index contributed by atoms with van der Waals surface area (Å²) in [5.41, 5.74) is 4.47. The average molecular weight is 465 g/mol. The summed E-state index contributed by atoms with van der Waals surface area (Å²) < 4.78 is 6.63. The fourth-order valence-electron chi connectivity index (χ4n) is 5.70. The molecule has 1 aliphatic heterocycles. The van der Waals surface area contributed by atoms with Crippen molar-refractivity contribution in [2.24, 2.45) is 22.9 Å². The number of hydrazone groups is 1. The molecule has 35 heavy (non-hydrogen) atoms. The van der Waals surface area contributed by atoms with Gasteiger partial charge in [-0.25, -0.2) is 0 Å². The molecule has 0 N–H and O–H groups in total. The lowest BCUT2D eigenvalue weighted by Crippen LogP contribution is -2.37. The third-order valence-electron chi connectivity index (χ3n) is 7.64. The Morgan fingerprint density at radius 3 is 2.14 bits per heavy atom. The topological polar surface area (TPSA) is 26.9 Å². The zero-order chi connectivity index (χ0) is 24.2. The van der Waals surface area contributed by atoms with E-state index < -0.39 is 0 Å². The molecule has 3 aromatic rings. The summed E-state index contributed by atoms with van der Waals surface area (Å²) in [6.45, 7) is 7.00. The first kappa shape index (κ1) is 23.5. The van der Waals surface area contributed by atoms with Crippen LogP contribution in [0.3, 0.4) is 0 Å². The van der Waals surface area contributed by atoms with Crippen molar-refractivity contribution in [1.29, 1.82) is 0 Å². The van der Waals surface area contributed by atoms with Crippen LogP contribution >= 0.6 is 0 Å². The first-order valence-electron chi connectivity index (χ1n) is 13.1. The van der Waals surface area contributed by atoms with Gasteiger partial charge in [-0.05, 0) is 47.9 Å². The van der Waals surface area contributed by atoms with E-state index in [1.54, 1.807) is 0 Å². The number of hydrogen-bond acceptors (Lipinski definition) is 2. The number of hydrogen-bond donors (Lipinski definition) is 0. The summed E-state index contributed by atoms with van der Waals surface area (Å²) >= 11 is 0. The molecule has 0 bridgehead atoms. The Morgan fingerprint density at radius 1 is 0.857 bits per heavy atom. The molecule has 0 spiro atoms. The van der Waals surface area contributed by atoms with E-state index in [1.807, 2.05) is 6.07 Å². The number of carbonyl (C=O) groups excluding carboxylic acids is 1. The van der Waals surface area contributed by atoms with Gasteiger partial charge in [-0.3, -0.25) is 5.01 Å². The van der Waals surface area contributed by atoms with Crippen LogP contribution in [-0.2, 0) is 4.42 Å². The predicted molar refractivity (Wildman–Crippen MR) is 146 cm³/mol. The monoisotopic (exact) mass is 464 g/mol. The Bertz CT molecular complexity index is 1140. The van der Waals surface area contributed by atoms with Gasteiger partial charge in [0.2, 0.25) is 6.10 Å². The molecule has 1 saturated carbocycles. The summed E-state index contributed by atoms with van der Waals surface area (Å²) in [5, 5.41) is 7.32. The van der Waals surface area contributed by atoms with Gasteiger partial charge >= 0.3 is 0 Å². The minimum atomic E-state index is -0.153. The predicted octanol–water partition coefficient (Wildman–Crippen LogP) is 7.17. The maximum Gasteiger partial charge on any atom is 0.230 e. The number of rotatable bonds is 6. The summed E-state index contributed by atoms with van der Waals surface area (Å²) in [7, 11) is 0. The molecule has 3 aromatic carbocycles. The largest absolute Gasteiger partial charge is 0.452 e. The van der Waals surface area contributed by atoms with Crippen molar-refractivity contribution in [2.45, 2.75) is 58.1 Å². The molecule has 0 unspecified atom stereocenters. The summed E-state index contributed by atoms with van der Waals surface area (Å²) in [6, 6.07) is 31.5. The van der Waals surface area contributed by atoms with Gasteiger partial charge in [0, 0.05) is 30.6 Å². The van der Waals surface area contributed by atoms with Gasteiger partial charge in [-0.15, -0.1) is 0 Å². The molecular formula is C32H36N2O. The van der Waals surface area contributed by atoms with Crippen molar-refractivity contribution in [3.05, 3.63) is 102 Å². The smallest absolute Gasteiger partial charge is 0.230 e. The molecule has 180 valence electrons. The highest BCUT2D eigenvalue weighted by Gasteiger charge is 2.38. The molecule has 5 atom stereocenters. The van der Waals surface area contributed by atoms with Crippen LogP contribution in [0, 0.1) is 17.8 Å². The summed E-state index contributed by atoms with van der Waals surface area (Å²) in [4.78, 5) is 0. The van der Waals surface area contributed by atoms with E-state index in [9.17, 15) is 0 Å². The van der Waals surface area contributed by atoms with Crippen molar-refractivity contribution in [3.8, 4) is 0 Å². The van der Waals surface area contributed by atoms with Crippen LogP contribution in [0.5, 0.6) is 0 Å². The van der Waals surface area contributed by atoms with Crippen molar-refractivity contribution >= 4 is 17.7 Å². The minimum Gasteiger partial charge on any atom is -0.452 e. The number of anilines is 1. The molecule has 3 nitrogen and oxygen atoms in total. The zero-order valence-corrected chi connectivity index (χ0v) is 21.0. The lowest BCUT2D eigenvalue weighted by molar-refractivity contribution is -0.0739. The molecule has 1 fully saturated rings. The van der Waals surface area contributed by atoms with Crippen molar-refractivity contribution in [1.82, 2.24) is 0 Å². The highest BCUT2D eigenvalue weighted by atomic mass is 16.4. The molecule has 2 aliphatic rings. The van der Waals surface area contributed by atoms with Crippen LogP contribution in [-0.4, -0.2) is 24.1 Å². The van der Waals surface area contributed by atoms with Crippen LogP contribution in [0.15, 0.2) is 96.1 Å². The maximum atomic E-state index is 6.63. The Morgan fingerprint density at radius 2 is 1.49 bits per heavy atom. The van der Waals surface area contributed by atoms with Gasteiger partial charge in [-0.1, -0.05) is 99.6 Å². The number of benzene rings is 3. The van der Waals surface area contributed by atoms with E-state index in [4.69, 9.17) is 9.53 Å². The van der Waals surface area contributed by atoms with Gasteiger partial charge in [-0.2, -0.15) is 5.10 Å². The lowest BCUT2D eigenvalue weighted by Gasteiger charge is -2.33. The maximum absolute atomic E-state index is 6.63. The highest BCUT2D eigenvalue weighted by molar-refractivity contribution is 6.10. The van der Waals surface area contributed by atoms with Crippen LogP contribution < -0.4 is 5.01 Å². The van der Waals surface area contributed by atoms with E-state index in [-0.39, 0.29) is 18.1 Å². The fraction of sp³-hybridized carbons (Fsp3) is 0.375. The molecule has 5 rings (SSSR count). The van der Waals surface area contributed by atoms with Crippen LogP contribution in [0.1, 0.15) is 57.1 Å². The Labute approximate surface area is 210 Å². The fourth-order valence-corrected chi connectivity index (χ4v) is 5.70. The Balaban J connectivity index is 1.58. The average Bonchev–Trinajstić information content (AvgIpc) is 3.28. The Hall–Kier alpha value is -3.20. The minimum absolute atomic E-state index is 0.0253. The molecular weight excluding hydrogens is 428 g/mol. The van der Waals surface area contributed by atoms with E-state index in [2.05, 4.69) is 117 Å². The van der Waals surface area contributed by atoms with Crippen LogP contribution in [0.4, 0.5) is 5.69 Å². The van der Waals surface area contributed by atoms with Gasteiger partial charge in [0.25, 0.3) is 0 Å². The normalized spacial score (nSPS) is 26.9. The molecule has 0 amide bonds. The third-order valence-corrected chi connectivity index (χ3v) is 7.64. The molecule has 0 aromatic heterocycles. The van der Waals surface area contributed by atoms with Crippen molar-refractivity contribution in [2.75, 3.05) is 5.01 Å². The first-order chi connectivity index (χ1) is 17.1. The standard InChI is InChI=1S/C32H36N2O/c1-23(2)28-20-19-24(3)21-30(28)35-22-29-31(25-13-7-4-8-14-25)32(26-15-9-5-10-16-26)33-34(29)27-17-11-6-12-18-27/h4-18,23-24,28-31H,19-21H2,1-3H3/t24-,28+,29-,30-,31-/m0/s1. The SMILES string of the molecule is CC(C)[C@H]1CC[C@H](C)C[C@@H]1[O+]=[C-][C@H]1[C@H](c2ccccc2)C(c2ccccc2)=NN1c1ccccc1. The molecule has 1 heterocycles. The first-order valence-corrected chi connectivity index (χ1v) is 13.1. The third kappa shape index (κ3) is 5.10. The van der Waals surface area contributed by atoms with Gasteiger partial charge in [0.1, 0.15) is 0 Å². The molecule has 0 saturated heterocycles. The quantitative estimate of drug-likeness (QED) is 0.281. The van der Waals surface area contributed by atoms with Gasteiger partial charge in [0.15, 0.2) is 0 Å². The molecule has 1 aliphatic carbocycles. The van der Waals surface area contributed by atoms with E-state index in [0.29, 0.717) is 17.8 Å². The molecule has 0 radical (unpaired) electrons. The van der Waals surface area contributed by atoms with E-state index in [1.165, 1.54) is 18.4 Å². The Kier molecular flexibility index (Phi) is 7.13. The number of para-hydroxylation sites is 1.